The summed E-state index contributed by atoms with van der Waals surface area (Å²) < 4.78 is 5.48. The molecule has 3 aromatic rings. The molecule has 1 unspecified atom stereocenters. The molecule has 3 rings (SSSR count). The van der Waals surface area contributed by atoms with Gasteiger partial charge in [-0.05, 0) is 50.1 Å². The van der Waals surface area contributed by atoms with Crippen molar-refractivity contribution < 1.29 is 9.21 Å². The van der Waals surface area contributed by atoms with Gasteiger partial charge >= 0.3 is 0 Å². The van der Waals surface area contributed by atoms with Gasteiger partial charge in [-0.3, -0.25) is 4.79 Å². The minimum Gasteiger partial charge on any atom is -0.447 e. The van der Waals surface area contributed by atoms with Crippen LogP contribution in [0.3, 0.4) is 0 Å². The second kappa shape index (κ2) is 6.66. The lowest BCUT2D eigenvalue weighted by Crippen LogP contribution is -2.33. The van der Waals surface area contributed by atoms with Gasteiger partial charge in [0.25, 0.3) is 5.91 Å². The molecule has 0 spiro atoms. The predicted octanol–water partition coefficient (Wildman–Crippen LogP) is 2.44. The fourth-order valence-corrected chi connectivity index (χ4v) is 2.73. The van der Waals surface area contributed by atoms with E-state index in [1.807, 2.05) is 6.92 Å². The van der Waals surface area contributed by atoms with Crippen LogP contribution < -0.4 is 5.32 Å². The zero-order valence-corrected chi connectivity index (χ0v) is 13.8. The van der Waals surface area contributed by atoms with Crippen LogP contribution in [0.25, 0.3) is 11.6 Å². The first kappa shape index (κ1) is 15.9. The Hall–Kier alpha value is -2.96. The molecule has 2 N–H and O–H groups in total. The highest BCUT2D eigenvalue weighted by atomic mass is 16.4. The monoisotopic (exact) mass is 325 g/mol. The van der Waals surface area contributed by atoms with Crippen LogP contribution >= 0.6 is 0 Å². The van der Waals surface area contributed by atoms with E-state index >= 15 is 0 Å². The highest BCUT2D eigenvalue weighted by Crippen LogP contribution is 2.17. The molecule has 1 amide bonds. The summed E-state index contributed by atoms with van der Waals surface area (Å²) in [5.74, 6) is 0.678. The zero-order valence-electron chi connectivity index (χ0n) is 13.8. The molecule has 0 saturated heterocycles. The Bertz CT molecular complexity index is 818. The van der Waals surface area contributed by atoms with E-state index in [-0.39, 0.29) is 17.7 Å². The van der Waals surface area contributed by atoms with E-state index in [9.17, 15) is 4.79 Å². The lowest BCUT2D eigenvalue weighted by atomic mass is 10.0. The Labute approximate surface area is 139 Å². The van der Waals surface area contributed by atoms with Crippen LogP contribution in [0.2, 0.25) is 0 Å². The molecule has 0 fully saturated rings. The maximum Gasteiger partial charge on any atom is 0.287 e. The first-order chi connectivity index (χ1) is 11.5. The van der Waals surface area contributed by atoms with Crippen LogP contribution in [0.4, 0.5) is 0 Å². The number of carbonyl (C=O) groups is 1. The molecule has 2 heterocycles. The van der Waals surface area contributed by atoms with Gasteiger partial charge in [-0.1, -0.05) is 29.3 Å². The van der Waals surface area contributed by atoms with Gasteiger partial charge < -0.3 is 9.73 Å². The number of carbonyl (C=O) groups excluding carboxylic acids is 1. The van der Waals surface area contributed by atoms with Crippen LogP contribution in [-0.2, 0) is 6.42 Å². The lowest BCUT2D eigenvalue weighted by molar-refractivity contribution is 0.0913. The Morgan fingerprint density at radius 3 is 2.67 bits per heavy atom. The van der Waals surface area contributed by atoms with Gasteiger partial charge in [-0.2, -0.15) is 5.21 Å². The summed E-state index contributed by atoms with van der Waals surface area (Å²) in [4.78, 5) is 12.3. The Kier molecular flexibility index (Phi) is 4.41. The van der Waals surface area contributed by atoms with Gasteiger partial charge in [-0.15, -0.1) is 10.2 Å². The number of tetrazole rings is 1. The summed E-state index contributed by atoms with van der Waals surface area (Å²) in [6.45, 7) is 6.11. The third-order valence-electron chi connectivity index (χ3n) is 3.60. The summed E-state index contributed by atoms with van der Waals surface area (Å²) >= 11 is 0. The maximum atomic E-state index is 12.3. The zero-order chi connectivity index (χ0) is 17.1. The number of hydrogen-bond acceptors (Lipinski definition) is 5. The van der Waals surface area contributed by atoms with Crippen LogP contribution in [0.1, 0.15) is 34.2 Å². The van der Waals surface area contributed by atoms with Crippen LogP contribution in [0.5, 0.6) is 0 Å². The summed E-state index contributed by atoms with van der Waals surface area (Å²) in [6.07, 6.45) is 0.757. The first-order valence-electron chi connectivity index (χ1n) is 7.73. The van der Waals surface area contributed by atoms with Crippen molar-refractivity contribution in [3.05, 3.63) is 52.8 Å². The highest BCUT2D eigenvalue weighted by molar-refractivity contribution is 5.92. The molecule has 7 heteroatoms. The Balaban J connectivity index is 1.64. The normalized spacial score (nSPS) is 12.1. The minimum atomic E-state index is -0.262. The van der Waals surface area contributed by atoms with Crippen molar-refractivity contribution in [2.45, 2.75) is 33.2 Å². The van der Waals surface area contributed by atoms with Gasteiger partial charge in [0.1, 0.15) is 0 Å². The van der Waals surface area contributed by atoms with Gasteiger partial charge in [0, 0.05) is 6.04 Å². The van der Waals surface area contributed by atoms with Crippen molar-refractivity contribution in [3.63, 3.8) is 0 Å². The SMILES string of the molecule is Cc1cc(C)cc(CC(C)NC(=O)c2ccc(-c3nn[nH]n3)o2)c1. The number of aromatic amines is 1. The van der Waals surface area contributed by atoms with Crippen molar-refractivity contribution >= 4 is 5.91 Å². The van der Waals surface area contributed by atoms with Crippen molar-refractivity contribution in [1.29, 1.82) is 0 Å². The van der Waals surface area contributed by atoms with E-state index < -0.39 is 0 Å². The second-order valence-electron chi connectivity index (χ2n) is 5.97. The summed E-state index contributed by atoms with van der Waals surface area (Å²) in [5, 5.41) is 16.4. The molecule has 0 aliphatic carbocycles. The average Bonchev–Trinajstić information content (AvgIpc) is 3.17. The molecule has 1 atom stereocenters. The number of aryl methyl sites for hydroxylation is 2. The van der Waals surface area contributed by atoms with Gasteiger partial charge in [0.05, 0.1) is 0 Å². The van der Waals surface area contributed by atoms with E-state index in [0.717, 1.165) is 6.42 Å². The van der Waals surface area contributed by atoms with Gasteiger partial charge in [-0.25, -0.2) is 0 Å². The topological polar surface area (TPSA) is 96.7 Å². The number of amides is 1. The van der Waals surface area contributed by atoms with Gasteiger partial charge in [0.15, 0.2) is 11.5 Å². The van der Waals surface area contributed by atoms with Crippen molar-refractivity contribution in [1.82, 2.24) is 25.9 Å². The summed E-state index contributed by atoms with van der Waals surface area (Å²) in [7, 11) is 0. The number of furan rings is 1. The molecule has 24 heavy (non-hydrogen) atoms. The van der Waals surface area contributed by atoms with E-state index in [1.165, 1.54) is 16.7 Å². The quantitative estimate of drug-likeness (QED) is 0.751. The van der Waals surface area contributed by atoms with E-state index in [2.05, 4.69) is 58.0 Å². The van der Waals surface area contributed by atoms with Crippen molar-refractivity contribution in [2.75, 3.05) is 0 Å². The molecular formula is C17H19N5O2. The smallest absolute Gasteiger partial charge is 0.287 e. The largest absolute Gasteiger partial charge is 0.447 e. The molecule has 0 aliphatic heterocycles. The number of aromatic nitrogens is 4. The highest BCUT2D eigenvalue weighted by Gasteiger charge is 2.16. The molecule has 2 aromatic heterocycles. The second-order valence-corrected chi connectivity index (χ2v) is 5.97. The van der Waals surface area contributed by atoms with Crippen LogP contribution in [0.15, 0.2) is 34.7 Å². The molecule has 0 bridgehead atoms. The van der Waals surface area contributed by atoms with E-state index in [4.69, 9.17) is 4.42 Å². The first-order valence-corrected chi connectivity index (χ1v) is 7.73. The molecular weight excluding hydrogens is 306 g/mol. The molecule has 0 aliphatic rings. The summed E-state index contributed by atoms with van der Waals surface area (Å²) in [6, 6.07) is 9.64. The lowest BCUT2D eigenvalue weighted by Gasteiger charge is -2.14. The third kappa shape index (κ3) is 3.68. The molecule has 0 radical (unpaired) electrons. The molecule has 0 saturated carbocycles. The van der Waals surface area contributed by atoms with Crippen LogP contribution in [0, 0.1) is 13.8 Å². The van der Waals surface area contributed by atoms with Crippen LogP contribution in [-0.4, -0.2) is 32.6 Å². The fourth-order valence-electron chi connectivity index (χ4n) is 2.73. The standard InChI is InChI=1S/C17H19N5O2/c1-10-6-11(2)8-13(7-10)9-12(3)18-17(23)15-5-4-14(24-15)16-19-21-22-20-16/h4-8,12H,9H2,1-3H3,(H,18,23)(H,19,20,21,22). The average molecular weight is 325 g/mol. The molecule has 7 nitrogen and oxygen atoms in total. The number of hydrogen-bond donors (Lipinski definition) is 2. The Morgan fingerprint density at radius 2 is 2.00 bits per heavy atom. The number of nitrogens with zero attached hydrogens (tertiary/aromatic N) is 3. The minimum absolute atomic E-state index is 0.0163. The molecule has 1 aromatic carbocycles. The van der Waals surface area contributed by atoms with Gasteiger partial charge in [0.2, 0.25) is 5.82 Å². The van der Waals surface area contributed by atoms with Crippen molar-refractivity contribution in [2.24, 2.45) is 0 Å². The number of nitrogens with one attached hydrogen (secondary N) is 2. The third-order valence-corrected chi connectivity index (χ3v) is 3.60. The Morgan fingerprint density at radius 1 is 1.25 bits per heavy atom. The number of benzene rings is 1. The maximum absolute atomic E-state index is 12.3. The van der Waals surface area contributed by atoms with E-state index in [1.54, 1.807) is 12.1 Å². The molecule has 124 valence electrons. The number of rotatable bonds is 5. The van der Waals surface area contributed by atoms with Crippen molar-refractivity contribution in [3.8, 4) is 11.6 Å². The predicted molar refractivity (Wildman–Crippen MR) is 88.4 cm³/mol. The number of H-pyrrole nitrogens is 1. The van der Waals surface area contributed by atoms with E-state index in [0.29, 0.717) is 11.6 Å². The fraction of sp³-hybridized carbons (Fsp3) is 0.294. The summed E-state index contributed by atoms with van der Waals surface area (Å²) in [5.41, 5.74) is 3.64.